The van der Waals surface area contributed by atoms with Crippen LogP contribution in [-0.2, 0) is 10.0 Å². The Morgan fingerprint density at radius 1 is 1.25 bits per heavy atom. The molecule has 2 aromatic heterocycles. The zero-order valence-electron chi connectivity index (χ0n) is 23.1. The second-order valence-corrected chi connectivity index (χ2v) is 12.8. The maximum Gasteiger partial charge on any atom is 0.281 e. The predicted molar refractivity (Wildman–Crippen MR) is 156 cm³/mol. The van der Waals surface area contributed by atoms with Gasteiger partial charge >= 0.3 is 0 Å². The number of anilines is 2. The number of hydrogen-bond donors (Lipinski definition) is 3. The summed E-state index contributed by atoms with van der Waals surface area (Å²) in [5.74, 6) is -1.02. The van der Waals surface area contributed by atoms with Gasteiger partial charge in [-0.05, 0) is 68.5 Å². The average Bonchev–Trinajstić information content (AvgIpc) is 3.14. The summed E-state index contributed by atoms with van der Waals surface area (Å²) in [6.07, 6.45) is 0.822. The van der Waals surface area contributed by atoms with Gasteiger partial charge in [-0.1, -0.05) is 20.8 Å². The highest BCUT2D eigenvalue weighted by Crippen LogP contribution is 2.38. The number of rotatable bonds is 8. The van der Waals surface area contributed by atoms with Crippen LogP contribution in [0.2, 0.25) is 0 Å². The maximum atomic E-state index is 14.5. The van der Waals surface area contributed by atoms with Crippen molar-refractivity contribution in [2.45, 2.75) is 51.6 Å². The summed E-state index contributed by atoms with van der Waals surface area (Å²) >= 11 is 0. The summed E-state index contributed by atoms with van der Waals surface area (Å²) in [4.78, 5) is 23.8. The number of carbonyl (C=O) groups is 1. The van der Waals surface area contributed by atoms with Crippen molar-refractivity contribution in [3.63, 3.8) is 0 Å². The molecule has 4 rings (SSSR count). The molecule has 0 aliphatic carbocycles. The summed E-state index contributed by atoms with van der Waals surface area (Å²) in [7, 11) is -4.43. The molecule has 0 saturated carbocycles. The molecule has 4 N–H and O–H groups in total. The molecule has 0 unspecified atom stereocenters. The topological polar surface area (TPSA) is 148 Å². The number of sulfonamides is 1. The third-order valence-corrected chi connectivity index (χ3v) is 7.81. The molecule has 3 aromatic rings. The van der Waals surface area contributed by atoms with Gasteiger partial charge in [0, 0.05) is 28.0 Å². The summed E-state index contributed by atoms with van der Waals surface area (Å²) in [5.41, 5.74) is 6.03. The van der Waals surface area contributed by atoms with Crippen LogP contribution in [-0.4, -0.2) is 48.1 Å². The van der Waals surface area contributed by atoms with Crippen LogP contribution in [0.1, 0.15) is 55.7 Å². The minimum absolute atomic E-state index is 0. The number of benzene rings is 1. The second kappa shape index (κ2) is 10.9. The van der Waals surface area contributed by atoms with Gasteiger partial charge in [-0.2, -0.15) is 8.42 Å². The van der Waals surface area contributed by atoms with Crippen LogP contribution in [0.25, 0.3) is 11.3 Å². The Balaban J connectivity index is 0.00000308. The van der Waals surface area contributed by atoms with Crippen molar-refractivity contribution in [3.8, 4) is 22.8 Å². The van der Waals surface area contributed by atoms with Gasteiger partial charge in [0.15, 0.2) is 16.6 Å². The Kier molecular flexibility index (Phi) is 7.93. The third kappa shape index (κ3) is 6.27. The number of nitrogens with two attached hydrogens (primary N) is 1. The van der Waals surface area contributed by atoms with E-state index in [0.717, 1.165) is 18.6 Å². The van der Waals surface area contributed by atoms with E-state index in [0.29, 0.717) is 30.2 Å². The lowest BCUT2D eigenvalue weighted by Crippen LogP contribution is -2.41. The van der Waals surface area contributed by atoms with Crippen molar-refractivity contribution in [2.24, 2.45) is 11.8 Å². The molecule has 10 nitrogen and oxygen atoms in total. The van der Waals surface area contributed by atoms with Crippen LogP contribution in [0.4, 0.5) is 16.0 Å². The third-order valence-electron chi connectivity index (χ3n) is 6.58. The fourth-order valence-electron chi connectivity index (χ4n) is 4.84. The monoisotopic (exact) mass is 577 g/mol. The standard InChI is InChI=1S/C28H34FN5O5S.3H2/c1-16(2)15-39-20-11-18(10-19(29)12-20)22-7-6-21(26(31-22)34-14-17(3)13-28(34,4)5)27(36)33-40(37,38)24-9-8-23(35)25(30)32-24;;;/h6-12,16-17,35H,13-15H2,1-5H3,(H2,30,32)(H,33,36);3*1H/t17-;;;/m0.../s1. The smallest absolute Gasteiger partial charge is 0.281 e. The number of aromatic hydroxyl groups is 1. The first-order chi connectivity index (χ1) is 18.7. The Hall–Kier alpha value is -3.93. The van der Waals surface area contributed by atoms with E-state index < -0.39 is 26.8 Å². The molecule has 1 fully saturated rings. The first-order valence-electron chi connectivity index (χ1n) is 12.9. The number of aromatic nitrogens is 2. The highest BCUT2D eigenvalue weighted by atomic mass is 32.2. The lowest BCUT2D eigenvalue weighted by molar-refractivity contribution is 0.0981. The van der Waals surface area contributed by atoms with Crippen LogP contribution < -0.4 is 20.1 Å². The van der Waals surface area contributed by atoms with Gasteiger partial charge in [0.25, 0.3) is 15.9 Å². The van der Waals surface area contributed by atoms with Crippen LogP contribution in [0.3, 0.4) is 0 Å². The molecular weight excluding hydrogens is 537 g/mol. The molecule has 0 spiro atoms. The first kappa shape index (κ1) is 29.1. The minimum atomic E-state index is -4.43. The number of carbonyl (C=O) groups excluding carboxylic acids is 1. The molecule has 0 bridgehead atoms. The number of ether oxygens (including phenoxy) is 1. The van der Waals surface area contributed by atoms with E-state index in [9.17, 15) is 22.7 Å². The van der Waals surface area contributed by atoms with Crippen molar-refractivity contribution in [2.75, 3.05) is 23.8 Å². The fourth-order valence-corrected chi connectivity index (χ4v) is 5.76. The van der Waals surface area contributed by atoms with Gasteiger partial charge in [-0.3, -0.25) is 4.79 Å². The number of halogens is 1. The lowest BCUT2D eigenvalue weighted by Gasteiger charge is -2.34. The van der Waals surface area contributed by atoms with E-state index in [4.69, 9.17) is 15.5 Å². The summed E-state index contributed by atoms with van der Waals surface area (Å²) in [6.45, 7) is 11.1. The number of nitrogens with zero attached hydrogens (tertiary/aromatic N) is 3. The average molecular weight is 578 g/mol. The fraction of sp³-hybridized carbons (Fsp3) is 0.393. The van der Waals surface area contributed by atoms with E-state index in [-0.39, 0.29) is 44.6 Å². The molecule has 3 heterocycles. The van der Waals surface area contributed by atoms with E-state index in [1.807, 2.05) is 37.3 Å². The van der Waals surface area contributed by atoms with Crippen LogP contribution in [0.15, 0.2) is 47.5 Å². The van der Waals surface area contributed by atoms with Crippen molar-refractivity contribution >= 4 is 27.6 Å². The summed E-state index contributed by atoms with van der Waals surface area (Å²) in [6, 6.07) is 9.44. The second-order valence-electron chi connectivity index (χ2n) is 11.2. The van der Waals surface area contributed by atoms with E-state index in [1.54, 1.807) is 6.07 Å². The van der Waals surface area contributed by atoms with E-state index >= 15 is 0 Å². The maximum absolute atomic E-state index is 14.5. The Labute approximate surface area is 237 Å². The number of amides is 1. The Bertz CT molecular complexity index is 1560. The quantitative estimate of drug-likeness (QED) is 0.333. The van der Waals surface area contributed by atoms with Gasteiger partial charge in [-0.25, -0.2) is 19.1 Å². The van der Waals surface area contributed by atoms with E-state index in [1.165, 1.54) is 24.3 Å². The molecule has 1 saturated heterocycles. The van der Waals surface area contributed by atoms with Gasteiger partial charge < -0.3 is 20.5 Å². The number of nitrogen functional groups attached to an aromatic ring is 1. The number of hydrogen-bond acceptors (Lipinski definition) is 9. The molecular formula is C28H40FN5O5S. The van der Waals surface area contributed by atoms with Crippen molar-refractivity contribution in [1.29, 1.82) is 0 Å². The van der Waals surface area contributed by atoms with Crippen molar-refractivity contribution in [1.82, 2.24) is 14.7 Å². The molecule has 40 heavy (non-hydrogen) atoms. The Morgan fingerprint density at radius 2 is 1.98 bits per heavy atom. The zero-order valence-corrected chi connectivity index (χ0v) is 23.9. The van der Waals surface area contributed by atoms with Gasteiger partial charge in [0.05, 0.1) is 17.9 Å². The predicted octanol–water partition coefficient (Wildman–Crippen LogP) is 5.09. The summed E-state index contributed by atoms with van der Waals surface area (Å²) in [5, 5.41) is 9.07. The highest BCUT2D eigenvalue weighted by Gasteiger charge is 2.39. The molecule has 1 aliphatic heterocycles. The largest absolute Gasteiger partial charge is 0.504 e. The number of nitrogens with one attached hydrogen (secondary N) is 1. The Morgan fingerprint density at radius 3 is 2.60 bits per heavy atom. The highest BCUT2D eigenvalue weighted by molar-refractivity contribution is 7.90. The molecule has 0 radical (unpaired) electrons. The molecule has 1 aliphatic rings. The normalized spacial score (nSPS) is 16.8. The molecule has 12 heteroatoms. The zero-order chi connectivity index (χ0) is 29.4. The molecule has 1 amide bonds. The van der Waals surface area contributed by atoms with Gasteiger partial charge in [-0.15, -0.1) is 0 Å². The van der Waals surface area contributed by atoms with Crippen molar-refractivity contribution < 1.29 is 31.7 Å². The molecule has 1 atom stereocenters. The molecule has 1 aromatic carbocycles. The van der Waals surface area contributed by atoms with Gasteiger partial charge in [0.1, 0.15) is 17.4 Å². The molecule has 220 valence electrons. The van der Waals surface area contributed by atoms with E-state index in [2.05, 4.69) is 11.9 Å². The van der Waals surface area contributed by atoms with Crippen molar-refractivity contribution in [3.05, 3.63) is 53.8 Å². The van der Waals surface area contributed by atoms with Crippen LogP contribution >= 0.6 is 0 Å². The number of pyridine rings is 2. The van der Waals surface area contributed by atoms with Crippen LogP contribution in [0, 0.1) is 17.7 Å². The minimum Gasteiger partial charge on any atom is -0.504 e. The van der Waals surface area contributed by atoms with Gasteiger partial charge in [0.2, 0.25) is 0 Å². The lowest BCUT2D eigenvalue weighted by atomic mass is 9.97. The first-order valence-corrected chi connectivity index (χ1v) is 14.4. The summed E-state index contributed by atoms with van der Waals surface area (Å²) < 4.78 is 48.2. The van der Waals surface area contributed by atoms with Crippen LogP contribution in [0.5, 0.6) is 11.5 Å². The SMILES string of the molecule is CC(C)COc1cc(F)cc(-c2ccc(C(=O)NS(=O)(=O)c3ccc(O)c(N)n3)c(N3C[C@@H](C)CC3(C)C)n2)c1.[HH].[HH].[HH].